The molecule has 0 saturated carbocycles. The van der Waals surface area contributed by atoms with E-state index in [1.807, 2.05) is 0 Å². The van der Waals surface area contributed by atoms with Gasteiger partial charge in [0.1, 0.15) is 17.2 Å². The number of primary amides is 1. The third-order valence-corrected chi connectivity index (χ3v) is 4.07. The Morgan fingerprint density at radius 1 is 1.10 bits per heavy atom. The molecule has 0 bridgehead atoms. The van der Waals surface area contributed by atoms with Crippen LogP contribution in [-0.4, -0.2) is 28.8 Å². The van der Waals surface area contributed by atoms with Crippen molar-refractivity contribution in [2.75, 3.05) is 7.11 Å². The van der Waals surface area contributed by atoms with Crippen molar-refractivity contribution >= 4 is 29.3 Å². The lowest BCUT2D eigenvalue weighted by Gasteiger charge is -2.10. The monoisotopic (exact) mass is 426 g/mol. The standard InChI is InChI=1S/C19H14N4O8/c1-10-14(22(26)27)7-12(8-15(10)23(28)29)19(25)31-16-4-3-11(6-17(16)30-2)5-13(9-20)18(21)24/h3-8H,1-2H3,(H2,21,24)/b13-5+. The van der Waals surface area contributed by atoms with Crippen LogP contribution in [0, 0.1) is 38.5 Å². The van der Waals surface area contributed by atoms with Crippen molar-refractivity contribution in [1.29, 1.82) is 5.26 Å². The number of amides is 1. The van der Waals surface area contributed by atoms with Gasteiger partial charge < -0.3 is 15.2 Å². The number of hydrogen-bond donors (Lipinski definition) is 1. The quantitative estimate of drug-likeness (QED) is 0.173. The molecule has 0 fully saturated rings. The molecule has 2 aromatic carbocycles. The van der Waals surface area contributed by atoms with E-state index in [1.54, 1.807) is 6.07 Å². The molecule has 2 aromatic rings. The van der Waals surface area contributed by atoms with Gasteiger partial charge in [0.05, 0.1) is 22.5 Å². The Morgan fingerprint density at radius 3 is 2.13 bits per heavy atom. The molecule has 0 heterocycles. The van der Waals surface area contributed by atoms with Gasteiger partial charge in [-0.15, -0.1) is 0 Å². The average Bonchev–Trinajstić information content (AvgIpc) is 2.72. The van der Waals surface area contributed by atoms with Crippen LogP contribution in [0.5, 0.6) is 11.5 Å². The van der Waals surface area contributed by atoms with E-state index in [0.29, 0.717) is 5.56 Å². The number of nitro groups is 2. The number of nitriles is 1. The number of esters is 1. The molecule has 0 unspecified atom stereocenters. The summed E-state index contributed by atoms with van der Waals surface area (Å²) in [6, 6.07) is 7.42. The number of rotatable bonds is 7. The van der Waals surface area contributed by atoms with Gasteiger partial charge >= 0.3 is 5.97 Å². The first kappa shape index (κ1) is 22.5. The fourth-order valence-electron chi connectivity index (χ4n) is 2.52. The molecule has 0 saturated heterocycles. The van der Waals surface area contributed by atoms with Crippen molar-refractivity contribution in [2.45, 2.75) is 6.92 Å². The van der Waals surface area contributed by atoms with Crippen LogP contribution in [0.3, 0.4) is 0 Å². The minimum Gasteiger partial charge on any atom is -0.493 e. The van der Waals surface area contributed by atoms with Gasteiger partial charge in [0.2, 0.25) is 0 Å². The lowest BCUT2D eigenvalue weighted by Crippen LogP contribution is -2.12. The molecule has 0 aromatic heterocycles. The van der Waals surface area contributed by atoms with E-state index in [1.165, 1.54) is 38.3 Å². The van der Waals surface area contributed by atoms with Crippen LogP contribution in [0.25, 0.3) is 6.08 Å². The minimum absolute atomic E-state index is 0.0278. The third kappa shape index (κ3) is 4.98. The SMILES string of the molecule is COc1cc(/C=C(\C#N)C(N)=O)ccc1OC(=O)c1cc([N+](=O)[O-])c(C)c([N+](=O)[O-])c1. The number of methoxy groups -OCH3 is 1. The number of carbonyl (C=O) groups is 2. The largest absolute Gasteiger partial charge is 0.493 e. The summed E-state index contributed by atoms with van der Waals surface area (Å²) < 4.78 is 10.3. The third-order valence-electron chi connectivity index (χ3n) is 4.07. The van der Waals surface area contributed by atoms with Crippen LogP contribution in [0.15, 0.2) is 35.9 Å². The lowest BCUT2D eigenvalue weighted by molar-refractivity contribution is -0.395. The van der Waals surface area contributed by atoms with E-state index in [9.17, 15) is 29.8 Å². The van der Waals surface area contributed by atoms with Crippen molar-refractivity contribution < 1.29 is 28.9 Å². The molecular formula is C19H14N4O8. The summed E-state index contributed by atoms with van der Waals surface area (Å²) in [6.07, 6.45) is 1.20. The predicted molar refractivity (Wildman–Crippen MR) is 105 cm³/mol. The normalized spacial score (nSPS) is 10.7. The number of carbonyl (C=O) groups excluding carboxylic acids is 2. The molecule has 0 aliphatic heterocycles. The molecule has 12 heteroatoms. The number of nitro benzene ring substituents is 2. The zero-order valence-electron chi connectivity index (χ0n) is 16.1. The molecule has 0 spiro atoms. The van der Waals surface area contributed by atoms with E-state index < -0.39 is 38.7 Å². The number of nitrogens with zero attached hydrogens (tertiary/aromatic N) is 3. The predicted octanol–water partition coefficient (Wildman–Crippen LogP) is 2.43. The lowest BCUT2D eigenvalue weighted by atomic mass is 10.1. The van der Waals surface area contributed by atoms with Crippen LogP contribution in [0.4, 0.5) is 11.4 Å². The molecule has 31 heavy (non-hydrogen) atoms. The number of benzene rings is 2. The topological polar surface area (TPSA) is 189 Å². The van der Waals surface area contributed by atoms with E-state index in [4.69, 9.17) is 20.5 Å². The van der Waals surface area contributed by atoms with Gasteiger partial charge in [-0.3, -0.25) is 25.0 Å². The van der Waals surface area contributed by atoms with Crippen molar-refractivity contribution in [2.24, 2.45) is 5.73 Å². The summed E-state index contributed by atoms with van der Waals surface area (Å²) in [5.74, 6) is -2.10. The second-order valence-corrected chi connectivity index (χ2v) is 5.99. The molecule has 0 radical (unpaired) electrons. The van der Waals surface area contributed by atoms with Gasteiger partial charge in [-0.05, 0) is 30.7 Å². The second kappa shape index (κ2) is 9.14. The maximum atomic E-state index is 12.5. The molecule has 2 N–H and O–H groups in total. The maximum absolute atomic E-state index is 12.5. The van der Waals surface area contributed by atoms with E-state index in [2.05, 4.69) is 0 Å². The highest BCUT2D eigenvalue weighted by molar-refractivity contribution is 6.00. The smallest absolute Gasteiger partial charge is 0.344 e. The van der Waals surface area contributed by atoms with Crippen LogP contribution in [0.1, 0.15) is 21.5 Å². The summed E-state index contributed by atoms with van der Waals surface area (Å²) in [6.45, 7) is 1.20. The van der Waals surface area contributed by atoms with Crippen molar-refractivity contribution in [3.05, 3.63) is 72.8 Å². The molecule has 0 atom stereocenters. The number of nitrogens with two attached hydrogens (primary N) is 1. The first-order valence-corrected chi connectivity index (χ1v) is 8.34. The summed E-state index contributed by atoms with van der Waals surface area (Å²) in [7, 11) is 1.26. The summed E-state index contributed by atoms with van der Waals surface area (Å²) in [4.78, 5) is 44.3. The van der Waals surface area contributed by atoms with Gasteiger partial charge in [-0.2, -0.15) is 5.26 Å². The molecule has 158 valence electrons. The van der Waals surface area contributed by atoms with E-state index in [0.717, 1.165) is 12.1 Å². The molecule has 12 nitrogen and oxygen atoms in total. The van der Waals surface area contributed by atoms with Crippen LogP contribution in [-0.2, 0) is 4.79 Å². The van der Waals surface area contributed by atoms with Crippen LogP contribution < -0.4 is 15.2 Å². The summed E-state index contributed by atoms with van der Waals surface area (Å²) in [5.41, 5.74) is 3.28. The van der Waals surface area contributed by atoms with Crippen molar-refractivity contribution in [3.63, 3.8) is 0 Å². The van der Waals surface area contributed by atoms with E-state index in [-0.39, 0.29) is 22.6 Å². The van der Waals surface area contributed by atoms with Gasteiger partial charge in [-0.1, -0.05) is 6.07 Å². The summed E-state index contributed by atoms with van der Waals surface area (Å²) in [5, 5.41) is 31.3. The van der Waals surface area contributed by atoms with Gasteiger partial charge in [0, 0.05) is 12.1 Å². The Kier molecular flexibility index (Phi) is 6.63. The molecule has 0 aliphatic rings. The first-order chi connectivity index (χ1) is 14.6. The Balaban J connectivity index is 2.44. The molecule has 2 rings (SSSR count). The fraction of sp³-hybridized carbons (Fsp3) is 0.105. The molecular weight excluding hydrogens is 412 g/mol. The highest BCUT2D eigenvalue weighted by Gasteiger charge is 2.26. The van der Waals surface area contributed by atoms with Gasteiger partial charge in [-0.25, -0.2) is 4.79 Å². The molecule has 0 aliphatic carbocycles. The highest BCUT2D eigenvalue weighted by atomic mass is 16.6. The second-order valence-electron chi connectivity index (χ2n) is 5.99. The number of hydrogen-bond acceptors (Lipinski definition) is 9. The number of ether oxygens (including phenoxy) is 2. The first-order valence-electron chi connectivity index (χ1n) is 8.34. The Labute approximate surface area is 174 Å². The zero-order valence-corrected chi connectivity index (χ0v) is 16.1. The Bertz CT molecular complexity index is 1140. The van der Waals surface area contributed by atoms with Crippen molar-refractivity contribution in [3.8, 4) is 17.6 Å². The Morgan fingerprint density at radius 2 is 1.68 bits per heavy atom. The van der Waals surface area contributed by atoms with Gasteiger partial charge in [0.15, 0.2) is 11.5 Å². The fourth-order valence-corrected chi connectivity index (χ4v) is 2.52. The summed E-state index contributed by atoms with van der Waals surface area (Å²) >= 11 is 0. The molecule has 1 amide bonds. The maximum Gasteiger partial charge on any atom is 0.344 e. The van der Waals surface area contributed by atoms with Crippen LogP contribution >= 0.6 is 0 Å². The van der Waals surface area contributed by atoms with Gasteiger partial charge in [0.25, 0.3) is 17.3 Å². The minimum atomic E-state index is -1.09. The van der Waals surface area contributed by atoms with Crippen molar-refractivity contribution in [1.82, 2.24) is 0 Å². The van der Waals surface area contributed by atoms with Crippen LogP contribution in [0.2, 0.25) is 0 Å². The highest BCUT2D eigenvalue weighted by Crippen LogP contribution is 2.32. The zero-order chi connectivity index (χ0) is 23.3. The van der Waals surface area contributed by atoms with E-state index >= 15 is 0 Å². The average molecular weight is 426 g/mol. The Hall–Kier alpha value is -4.79.